The van der Waals surface area contributed by atoms with E-state index in [9.17, 15) is 9.59 Å². The second-order valence-electron chi connectivity index (χ2n) is 7.68. The number of anilines is 1. The maximum atomic E-state index is 13.2. The fourth-order valence-corrected chi connectivity index (χ4v) is 3.86. The van der Waals surface area contributed by atoms with E-state index in [1.54, 1.807) is 11.2 Å². The molecule has 160 valence electrons. The molecule has 0 saturated carbocycles. The van der Waals surface area contributed by atoms with Crippen molar-refractivity contribution in [2.45, 2.75) is 13.0 Å². The summed E-state index contributed by atoms with van der Waals surface area (Å²) in [6.07, 6.45) is 2.46. The van der Waals surface area contributed by atoms with Gasteiger partial charge in [-0.2, -0.15) is 0 Å². The van der Waals surface area contributed by atoms with Crippen LogP contribution < -0.4 is 4.90 Å². The van der Waals surface area contributed by atoms with Crippen molar-refractivity contribution in [1.29, 1.82) is 0 Å². The molecule has 0 atom stereocenters. The van der Waals surface area contributed by atoms with Gasteiger partial charge in [0.05, 0.1) is 19.4 Å². The molecule has 4 rings (SSSR count). The van der Waals surface area contributed by atoms with Gasteiger partial charge >= 0.3 is 0 Å². The zero-order valence-corrected chi connectivity index (χ0v) is 17.5. The van der Waals surface area contributed by atoms with Crippen LogP contribution in [0.3, 0.4) is 0 Å². The smallest absolute Gasteiger partial charge is 0.253 e. The molecule has 6 heteroatoms. The second-order valence-corrected chi connectivity index (χ2v) is 7.68. The minimum atomic E-state index is 0.0189. The molecule has 3 aromatic rings. The van der Waals surface area contributed by atoms with E-state index in [2.05, 4.69) is 4.90 Å². The SMILES string of the molecule is O=C(c1ccccc1)N1CCCN(CC(=O)N(Cc2ccco2)c2ccccc2)CC1. The fourth-order valence-electron chi connectivity index (χ4n) is 3.86. The van der Waals surface area contributed by atoms with Crippen molar-refractivity contribution < 1.29 is 14.0 Å². The predicted octanol–water partition coefficient (Wildman–Crippen LogP) is 3.66. The summed E-state index contributed by atoms with van der Waals surface area (Å²) in [4.78, 5) is 31.8. The summed E-state index contributed by atoms with van der Waals surface area (Å²) >= 11 is 0. The molecule has 6 nitrogen and oxygen atoms in total. The maximum absolute atomic E-state index is 13.2. The van der Waals surface area contributed by atoms with Crippen molar-refractivity contribution >= 4 is 17.5 Å². The van der Waals surface area contributed by atoms with Crippen molar-refractivity contribution in [3.8, 4) is 0 Å². The Balaban J connectivity index is 1.40. The Morgan fingerprint density at radius 3 is 2.29 bits per heavy atom. The zero-order valence-electron chi connectivity index (χ0n) is 17.5. The molecule has 2 amide bonds. The van der Waals surface area contributed by atoms with E-state index in [0.29, 0.717) is 38.3 Å². The van der Waals surface area contributed by atoms with E-state index in [0.717, 1.165) is 24.4 Å². The molecule has 0 bridgehead atoms. The van der Waals surface area contributed by atoms with Crippen molar-refractivity contribution in [2.75, 3.05) is 37.6 Å². The molecule has 2 aromatic carbocycles. The topological polar surface area (TPSA) is 57.0 Å². The molecule has 2 heterocycles. The molecule has 1 saturated heterocycles. The molecule has 1 aliphatic heterocycles. The van der Waals surface area contributed by atoms with Crippen LogP contribution in [0, 0.1) is 0 Å². The van der Waals surface area contributed by atoms with Crippen LogP contribution in [0.4, 0.5) is 5.69 Å². The van der Waals surface area contributed by atoms with E-state index in [1.165, 1.54) is 0 Å². The number of carbonyl (C=O) groups excluding carboxylic acids is 2. The highest BCUT2D eigenvalue weighted by atomic mass is 16.3. The normalized spacial score (nSPS) is 14.8. The first-order chi connectivity index (χ1) is 15.2. The molecular weight excluding hydrogens is 390 g/mol. The highest BCUT2D eigenvalue weighted by molar-refractivity contribution is 5.95. The second kappa shape index (κ2) is 10.1. The molecule has 1 aromatic heterocycles. The van der Waals surface area contributed by atoms with E-state index in [-0.39, 0.29) is 11.8 Å². The Morgan fingerprint density at radius 2 is 1.58 bits per heavy atom. The van der Waals surface area contributed by atoms with Crippen molar-refractivity contribution in [1.82, 2.24) is 9.80 Å². The molecular formula is C25H27N3O3. The number of nitrogens with zero attached hydrogens (tertiary/aromatic N) is 3. The third-order valence-electron chi connectivity index (χ3n) is 5.52. The fraction of sp³-hybridized carbons (Fsp3) is 0.280. The number of amides is 2. The van der Waals surface area contributed by atoms with Gasteiger partial charge in [0.15, 0.2) is 0 Å². The molecule has 1 aliphatic rings. The van der Waals surface area contributed by atoms with Gasteiger partial charge in [0.1, 0.15) is 5.76 Å². The number of rotatable bonds is 6. The lowest BCUT2D eigenvalue weighted by Gasteiger charge is -2.26. The third kappa shape index (κ3) is 5.41. The summed E-state index contributed by atoms with van der Waals surface area (Å²) in [5.74, 6) is 0.815. The summed E-state index contributed by atoms with van der Waals surface area (Å²) in [6, 6.07) is 22.7. The van der Waals surface area contributed by atoms with Crippen LogP contribution in [-0.4, -0.2) is 54.3 Å². The van der Waals surface area contributed by atoms with Gasteiger partial charge in [0.25, 0.3) is 5.91 Å². The van der Waals surface area contributed by atoms with Crippen molar-refractivity contribution in [2.24, 2.45) is 0 Å². The Bertz CT molecular complexity index is 974. The van der Waals surface area contributed by atoms with Crippen LogP contribution in [0.15, 0.2) is 83.5 Å². The van der Waals surface area contributed by atoms with Gasteiger partial charge in [-0.25, -0.2) is 0 Å². The summed E-state index contributed by atoms with van der Waals surface area (Å²) in [6.45, 7) is 3.48. The Morgan fingerprint density at radius 1 is 0.839 bits per heavy atom. The van der Waals surface area contributed by atoms with Crippen molar-refractivity contribution in [3.05, 3.63) is 90.4 Å². The Labute approximate surface area is 182 Å². The van der Waals surface area contributed by atoms with Crippen LogP contribution in [-0.2, 0) is 11.3 Å². The van der Waals surface area contributed by atoms with E-state index >= 15 is 0 Å². The number of hydrogen-bond donors (Lipinski definition) is 0. The van der Waals surface area contributed by atoms with E-state index < -0.39 is 0 Å². The summed E-state index contributed by atoms with van der Waals surface area (Å²) in [7, 11) is 0. The van der Waals surface area contributed by atoms with Crippen LogP contribution in [0.25, 0.3) is 0 Å². The third-order valence-corrected chi connectivity index (χ3v) is 5.52. The highest BCUT2D eigenvalue weighted by Gasteiger charge is 2.24. The first kappa shape index (κ1) is 20.9. The van der Waals surface area contributed by atoms with Crippen LogP contribution >= 0.6 is 0 Å². The van der Waals surface area contributed by atoms with Gasteiger partial charge in [-0.15, -0.1) is 0 Å². The number of para-hydroxylation sites is 1. The van der Waals surface area contributed by atoms with Gasteiger partial charge in [-0.3, -0.25) is 14.5 Å². The van der Waals surface area contributed by atoms with Gasteiger partial charge in [-0.05, 0) is 42.8 Å². The lowest BCUT2D eigenvalue weighted by atomic mass is 10.2. The predicted molar refractivity (Wildman–Crippen MR) is 120 cm³/mol. The average Bonchev–Trinajstić information content (AvgIpc) is 3.23. The minimum absolute atomic E-state index is 0.0189. The lowest BCUT2D eigenvalue weighted by molar-refractivity contribution is -0.119. The lowest BCUT2D eigenvalue weighted by Crippen LogP contribution is -2.42. The number of hydrogen-bond acceptors (Lipinski definition) is 4. The van der Waals surface area contributed by atoms with Gasteiger partial charge in [0, 0.05) is 37.4 Å². The zero-order chi connectivity index (χ0) is 21.5. The van der Waals surface area contributed by atoms with Crippen LogP contribution in [0.1, 0.15) is 22.5 Å². The van der Waals surface area contributed by atoms with Crippen LogP contribution in [0.5, 0.6) is 0 Å². The van der Waals surface area contributed by atoms with E-state index in [4.69, 9.17) is 4.42 Å². The average molecular weight is 418 g/mol. The molecule has 1 fully saturated rings. The molecule has 0 unspecified atom stereocenters. The number of furan rings is 1. The molecule has 0 radical (unpaired) electrons. The number of benzene rings is 2. The summed E-state index contributed by atoms with van der Waals surface area (Å²) in [5.41, 5.74) is 1.56. The van der Waals surface area contributed by atoms with Crippen molar-refractivity contribution in [3.63, 3.8) is 0 Å². The minimum Gasteiger partial charge on any atom is -0.467 e. The quantitative estimate of drug-likeness (QED) is 0.614. The van der Waals surface area contributed by atoms with Gasteiger partial charge in [0.2, 0.25) is 5.91 Å². The number of carbonyl (C=O) groups is 2. The first-order valence-corrected chi connectivity index (χ1v) is 10.7. The first-order valence-electron chi connectivity index (χ1n) is 10.7. The standard InChI is InChI=1S/C25H27N3O3/c29-24(28(19-23-13-7-18-31-23)22-11-5-2-6-12-22)20-26-14-8-15-27(17-16-26)25(30)21-9-3-1-4-10-21/h1-7,9-13,18H,8,14-17,19-20H2. The van der Waals surface area contributed by atoms with Crippen LogP contribution in [0.2, 0.25) is 0 Å². The molecule has 0 aliphatic carbocycles. The van der Waals surface area contributed by atoms with Gasteiger partial charge < -0.3 is 14.2 Å². The highest BCUT2D eigenvalue weighted by Crippen LogP contribution is 2.18. The molecule has 0 spiro atoms. The van der Waals surface area contributed by atoms with Gasteiger partial charge in [-0.1, -0.05) is 36.4 Å². The Kier molecular flexibility index (Phi) is 6.79. The Hall–Kier alpha value is -3.38. The molecule has 0 N–H and O–H groups in total. The summed E-state index contributed by atoms with van der Waals surface area (Å²) in [5, 5.41) is 0. The van der Waals surface area contributed by atoms with E-state index in [1.807, 2.05) is 77.7 Å². The monoisotopic (exact) mass is 417 g/mol. The summed E-state index contributed by atoms with van der Waals surface area (Å²) < 4.78 is 5.48. The largest absolute Gasteiger partial charge is 0.467 e. The maximum Gasteiger partial charge on any atom is 0.253 e. The molecule has 31 heavy (non-hydrogen) atoms.